The van der Waals surface area contributed by atoms with E-state index in [1.54, 1.807) is 7.11 Å². The molecule has 1 aliphatic heterocycles. The molecule has 0 saturated carbocycles. The highest BCUT2D eigenvalue weighted by Gasteiger charge is 2.34. The summed E-state index contributed by atoms with van der Waals surface area (Å²) in [5.74, 6) is 0.958. The molecule has 0 fully saturated rings. The van der Waals surface area contributed by atoms with E-state index in [1.807, 2.05) is 6.07 Å². The van der Waals surface area contributed by atoms with Crippen molar-refractivity contribution in [2.45, 2.75) is 26.2 Å². The molecule has 0 N–H and O–H groups in total. The summed E-state index contributed by atoms with van der Waals surface area (Å²) < 4.78 is 5.28. The second-order valence-corrected chi connectivity index (χ2v) is 4.78. The minimum absolute atomic E-state index is 0.236. The molecular weight excluding hydrogens is 186 g/mol. The topological polar surface area (TPSA) is 12.5 Å². The van der Waals surface area contributed by atoms with Crippen molar-refractivity contribution in [2.24, 2.45) is 0 Å². The van der Waals surface area contributed by atoms with Crippen LogP contribution in [0.5, 0.6) is 5.75 Å². The van der Waals surface area contributed by atoms with E-state index in [0.29, 0.717) is 0 Å². The van der Waals surface area contributed by atoms with Crippen LogP contribution >= 0.6 is 0 Å². The number of likely N-dealkylation sites (N-methyl/N-ethyl adjacent to an activating group) is 1. The Morgan fingerprint density at radius 3 is 2.73 bits per heavy atom. The van der Waals surface area contributed by atoms with Gasteiger partial charge in [0.25, 0.3) is 0 Å². The van der Waals surface area contributed by atoms with Gasteiger partial charge in [0.1, 0.15) is 5.75 Å². The van der Waals surface area contributed by atoms with Crippen LogP contribution < -0.4 is 9.64 Å². The molecule has 0 aromatic heterocycles. The monoisotopic (exact) mass is 205 g/mol. The van der Waals surface area contributed by atoms with E-state index >= 15 is 0 Å². The molecule has 1 aromatic rings. The van der Waals surface area contributed by atoms with Crippen molar-refractivity contribution in [1.29, 1.82) is 0 Å². The molecule has 1 heterocycles. The minimum atomic E-state index is 0.236. The van der Waals surface area contributed by atoms with Gasteiger partial charge in [0, 0.05) is 24.2 Å². The highest BCUT2D eigenvalue weighted by molar-refractivity contribution is 5.64. The van der Waals surface area contributed by atoms with E-state index in [2.05, 4.69) is 37.8 Å². The summed E-state index contributed by atoms with van der Waals surface area (Å²) in [6.45, 7) is 8.96. The first-order chi connectivity index (χ1) is 7.08. The molecule has 0 bridgehead atoms. The van der Waals surface area contributed by atoms with Crippen LogP contribution in [0, 0.1) is 0 Å². The third-order valence-corrected chi connectivity index (χ3v) is 3.24. The number of benzene rings is 1. The van der Waals surface area contributed by atoms with Crippen LogP contribution in [0.3, 0.4) is 0 Å². The number of fused-ring (bicyclic) bond motifs is 1. The maximum Gasteiger partial charge on any atom is 0.119 e. The molecule has 0 aliphatic carbocycles. The Hall–Kier alpha value is -1.18. The molecular formula is C13H19NO. The zero-order chi connectivity index (χ0) is 11.1. The van der Waals surface area contributed by atoms with Crippen molar-refractivity contribution >= 4 is 5.69 Å². The van der Waals surface area contributed by atoms with E-state index in [1.165, 1.54) is 11.3 Å². The summed E-state index contributed by atoms with van der Waals surface area (Å²) in [6.07, 6.45) is 0. The van der Waals surface area contributed by atoms with Gasteiger partial charge < -0.3 is 9.64 Å². The SMILES string of the molecule is CCN1CC(C)(C)c2cc(OC)ccc21. The average Bonchev–Trinajstić information content (AvgIpc) is 2.50. The van der Waals surface area contributed by atoms with Gasteiger partial charge in [0.15, 0.2) is 0 Å². The second kappa shape index (κ2) is 3.44. The maximum atomic E-state index is 5.28. The van der Waals surface area contributed by atoms with Gasteiger partial charge in [-0.25, -0.2) is 0 Å². The smallest absolute Gasteiger partial charge is 0.119 e. The Kier molecular flexibility index (Phi) is 2.37. The van der Waals surface area contributed by atoms with E-state index < -0.39 is 0 Å². The van der Waals surface area contributed by atoms with Crippen molar-refractivity contribution in [3.8, 4) is 5.75 Å². The molecule has 1 aromatic carbocycles. The number of anilines is 1. The zero-order valence-electron chi connectivity index (χ0n) is 10.0. The van der Waals surface area contributed by atoms with Gasteiger partial charge in [0.2, 0.25) is 0 Å². The lowest BCUT2D eigenvalue weighted by atomic mass is 9.87. The van der Waals surface area contributed by atoms with Crippen LogP contribution in [0.2, 0.25) is 0 Å². The van der Waals surface area contributed by atoms with Crippen molar-refractivity contribution in [2.75, 3.05) is 25.1 Å². The quantitative estimate of drug-likeness (QED) is 0.736. The lowest BCUT2D eigenvalue weighted by Crippen LogP contribution is -2.28. The molecule has 1 aliphatic rings. The van der Waals surface area contributed by atoms with Gasteiger partial charge in [0.05, 0.1) is 7.11 Å². The largest absolute Gasteiger partial charge is 0.497 e. The molecule has 2 nitrogen and oxygen atoms in total. The zero-order valence-corrected chi connectivity index (χ0v) is 10.0. The summed E-state index contributed by atoms with van der Waals surface area (Å²) in [7, 11) is 1.72. The predicted octanol–water partition coefficient (Wildman–Crippen LogP) is 2.81. The minimum Gasteiger partial charge on any atom is -0.497 e. The van der Waals surface area contributed by atoms with Crippen molar-refractivity contribution in [3.05, 3.63) is 23.8 Å². The number of ether oxygens (including phenoxy) is 1. The molecule has 0 saturated heterocycles. The van der Waals surface area contributed by atoms with Crippen LogP contribution in [0.25, 0.3) is 0 Å². The Balaban J connectivity index is 2.49. The van der Waals surface area contributed by atoms with Crippen LogP contribution in [-0.4, -0.2) is 20.2 Å². The first-order valence-electron chi connectivity index (χ1n) is 5.52. The van der Waals surface area contributed by atoms with Crippen molar-refractivity contribution < 1.29 is 4.74 Å². The summed E-state index contributed by atoms with van der Waals surface area (Å²) in [6, 6.07) is 6.39. The van der Waals surface area contributed by atoms with Crippen LogP contribution in [-0.2, 0) is 5.41 Å². The first-order valence-corrected chi connectivity index (χ1v) is 5.52. The average molecular weight is 205 g/mol. The van der Waals surface area contributed by atoms with Gasteiger partial charge >= 0.3 is 0 Å². The Morgan fingerprint density at radius 1 is 1.40 bits per heavy atom. The van der Waals surface area contributed by atoms with E-state index in [-0.39, 0.29) is 5.41 Å². The van der Waals surface area contributed by atoms with Gasteiger partial charge in [-0.15, -0.1) is 0 Å². The van der Waals surface area contributed by atoms with E-state index in [9.17, 15) is 0 Å². The van der Waals surface area contributed by atoms with Gasteiger partial charge in [-0.05, 0) is 30.7 Å². The Labute approximate surface area is 91.9 Å². The number of hydrogen-bond donors (Lipinski definition) is 0. The fourth-order valence-electron chi connectivity index (χ4n) is 2.39. The van der Waals surface area contributed by atoms with Gasteiger partial charge in [-0.2, -0.15) is 0 Å². The Bertz CT molecular complexity index is 371. The third-order valence-electron chi connectivity index (χ3n) is 3.24. The van der Waals surface area contributed by atoms with E-state index in [0.717, 1.165) is 18.8 Å². The van der Waals surface area contributed by atoms with E-state index in [4.69, 9.17) is 4.74 Å². The first kappa shape index (κ1) is 10.3. The fraction of sp³-hybridized carbons (Fsp3) is 0.538. The van der Waals surface area contributed by atoms with Gasteiger partial charge in [-0.1, -0.05) is 13.8 Å². The van der Waals surface area contributed by atoms with Crippen molar-refractivity contribution in [3.63, 3.8) is 0 Å². The van der Waals surface area contributed by atoms with Crippen LogP contribution in [0.15, 0.2) is 18.2 Å². The molecule has 0 unspecified atom stereocenters. The molecule has 82 valence electrons. The number of methoxy groups -OCH3 is 1. The normalized spacial score (nSPS) is 17.7. The number of hydrogen-bond acceptors (Lipinski definition) is 2. The van der Waals surface area contributed by atoms with Crippen LogP contribution in [0.1, 0.15) is 26.3 Å². The molecule has 0 atom stereocenters. The molecule has 0 radical (unpaired) electrons. The summed E-state index contributed by atoms with van der Waals surface area (Å²) in [4.78, 5) is 2.43. The van der Waals surface area contributed by atoms with Crippen molar-refractivity contribution in [1.82, 2.24) is 0 Å². The molecule has 2 heteroatoms. The number of rotatable bonds is 2. The molecule has 2 rings (SSSR count). The standard InChI is InChI=1S/C13H19NO/c1-5-14-9-13(2,3)11-8-10(15-4)6-7-12(11)14/h6-8H,5,9H2,1-4H3. The summed E-state index contributed by atoms with van der Waals surface area (Å²) >= 11 is 0. The molecule has 15 heavy (non-hydrogen) atoms. The highest BCUT2D eigenvalue weighted by Crippen LogP contribution is 2.41. The summed E-state index contributed by atoms with van der Waals surface area (Å²) in [5.41, 5.74) is 3.01. The fourth-order valence-corrected chi connectivity index (χ4v) is 2.39. The summed E-state index contributed by atoms with van der Waals surface area (Å²) in [5, 5.41) is 0. The third kappa shape index (κ3) is 1.58. The maximum absolute atomic E-state index is 5.28. The van der Waals surface area contributed by atoms with Crippen LogP contribution in [0.4, 0.5) is 5.69 Å². The second-order valence-electron chi connectivity index (χ2n) is 4.78. The Morgan fingerprint density at radius 2 is 2.13 bits per heavy atom. The predicted molar refractivity (Wildman–Crippen MR) is 63.9 cm³/mol. The lowest BCUT2D eigenvalue weighted by molar-refractivity contribution is 0.413. The highest BCUT2D eigenvalue weighted by atomic mass is 16.5. The number of nitrogens with zero attached hydrogens (tertiary/aromatic N) is 1. The molecule has 0 spiro atoms. The molecule has 0 amide bonds. The lowest BCUT2D eigenvalue weighted by Gasteiger charge is -2.20. The van der Waals surface area contributed by atoms with Gasteiger partial charge in [-0.3, -0.25) is 0 Å².